The molecular formula is C19H18Cl3N3. The lowest BCUT2D eigenvalue weighted by Crippen LogP contribution is -2.17. The van der Waals surface area contributed by atoms with Gasteiger partial charge in [-0.2, -0.15) is 0 Å². The number of rotatable bonds is 3. The first-order valence-electron chi connectivity index (χ1n) is 8.51. The molecule has 6 heteroatoms. The van der Waals surface area contributed by atoms with Gasteiger partial charge in [0, 0.05) is 34.3 Å². The summed E-state index contributed by atoms with van der Waals surface area (Å²) in [5.41, 5.74) is 5.04. The molecular weight excluding hydrogens is 377 g/mol. The van der Waals surface area contributed by atoms with Crippen LogP contribution in [0.15, 0.2) is 24.3 Å². The molecule has 0 radical (unpaired) electrons. The average Bonchev–Trinajstić information content (AvgIpc) is 2.98. The molecule has 3 aromatic rings. The van der Waals surface area contributed by atoms with E-state index in [0.717, 1.165) is 60.5 Å². The first kappa shape index (κ1) is 17.0. The van der Waals surface area contributed by atoms with Gasteiger partial charge in [-0.25, -0.2) is 4.98 Å². The first-order valence-corrected chi connectivity index (χ1v) is 9.64. The van der Waals surface area contributed by atoms with Gasteiger partial charge in [0.15, 0.2) is 0 Å². The Morgan fingerprint density at radius 3 is 2.76 bits per heavy atom. The lowest BCUT2D eigenvalue weighted by atomic mass is 9.99. The highest BCUT2D eigenvalue weighted by Gasteiger charge is 2.22. The van der Waals surface area contributed by atoms with Crippen molar-refractivity contribution in [3.63, 3.8) is 0 Å². The van der Waals surface area contributed by atoms with E-state index in [1.54, 1.807) is 6.07 Å². The molecule has 1 N–H and O–H groups in total. The summed E-state index contributed by atoms with van der Waals surface area (Å²) in [5.74, 6) is 0.903. The van der Waals surface area contributed by atoms with Gasteiger partial charge in [0.1, 0.15) is 5.52 Å². The van der Waals surface area contributed by atoms with Gasteiger partial charge in [0.25, 0.3) is 0 Å². The number of aryl methyl sites for hydroxylation is 2. The highest BCUT2D eigenvalue weighted by Crippen LogP contribution is 2.41. The van der Waals surface area contributed by atoms with Crippen LogP contribution in [0.2, 0.25) is 15.1 Å². The predicted molar refractivity (Wildman–Crippen MR) is 107 cm³/mol. The number of anilines is 1. The molecule has 0 atom stereocenters. The summed E-state index contributed by atoms with van der Waals surface area (Å²) in [7, 11) is 0. The minimum Gasteiger partial charge on any atom is -0.356 e. The molecule has 0 saturated carbocycles. The van der Waals surface area contributed by atoms with Gasteiger partial charge < -0.3 is 9.88 Å². The van der Waals surface area contributed by atoms with Crippen LogP contribution in [0.1, 0.15) is 25.3 Å². The summed E-state index contributed by atoms with van der Waals surface area (Å²) in [6.45, 7) is 4.09. The number of hydrogen-bond donors (Lipinski definition) is 1. The maximum atomic E-state index is 6.78. The minimum absolute atomic E-state index is 0.596. The second-order valence-corrected chi connectivity index (χ2v) is 7.56. The molecule has 2 aromatic carbocycles. The quantitative estimate of drug-likeness (QED) is 0.554. The van der Waals surface area contributed by atoms with Crippen molar-refractivity contribution in [3.8, 4) is 11.1 Å². The maximum absolute atomic E-state index is 6.78. The van der Waals surface area contributed by atoms with Gasteiger partial charge in [0.2, 0.25) is 5.95 Å². The third-order valence-electron chi connectivity index (χ3n) is 4.62. The van der Waals surface area contributed by atoms with Crippen LogP contribution in [0.4, 0.5) is 5.95 Å². The highest BCUT2D eigenvalue weighted by molar-refractivity contribution is 6.40. The van der Waals surface area contributed by atoms with E-state index in [1.807, 2.05) is 12.1 Å². The Labute approximate surface area is 161 Å². The van der Waals surface area contributed by atoms with Crippen molar-refractivity contribution in [3.05, 3.63) is 44.9 Å². The van der Waals surface area contributed by atoms with Crippen LogP contribution >= 0.6 is 34.8 Å². The van der Waals surface area contributed by atoms with Gasteiger partial charge in [-0.15, -0.1) is 0 Å². The molecule has 3 nitrogen and oxygen atoms in total. The number of halogens is 3. The van der Waals surface area contributed by atoms with Crippen molar-refractivity contribution in [2.45, 2.75) is 32.7 Å². The molecule has 0 amide bonds. The smallest absolute Gasteiger partial charge is 0.203 e. The summed E-state index contributed by atoms with van der Waals surface area (Å²) in [4.78, 5) is 4.78. The summed E-state index contributed by atoms with van der Waals surface area (Å²) < 4.78 is 2.25. The van der Waals surface area contributed by atoms with Gasteiger partial charge in [0.05, 0.1) is 10.5 Å². The molecule has 0 aliphatic carbocycles. The number of hydrogen-bond acceptors (Lipinski definition) is 2. The van der Waals surface area contributed by atoms with Gasteiger partial charge >= 0.3 is 0 Å². The fourth-order valence-electron chi connectivity index (χ4n) is 3.52. The topological polar surface area (TPSA) is 29.9 Å². The fourth-order valence-corrected chi connectivity index (χ4v) is 4.32. The van der Waals surface area contributed by atoms with E-state index in [4.69, 9.17) is 39.8 Å². The zero-order valence-corrected chi connectivity index (χ0v) is 16.1. The molecule has 25 heavy (non-hydrogen) atoms. The standard InChI is InChI=1S/C19H18Cl3N3/c1-2-4-11-9-14(13-6-5-12(20)10-15(13)21)16(22)17-18(11)25-8-3-7-23-19(25)24-17/h5-6,9-10H,2-4,7-8H2,1H3,(H,23,24). The summed E-state index contributed by atoms with van der Waals surface area (Å²) in [6.07, 6.45) is 3.11. The van der Waals surface area contributed by atoms with Crippen molar-refractivity contribution in [1.82, 2.24) is 9.55 Å². The molecule has 130 valence electrons. The van der Waals surface area contributed by atoms with Crippen LogP contribution in [0.3, 0.4) is 0 Å². The molecule has 0 unspecified atom stereocenters. The SMILES string of the molecule is CCCc1cc(-c2ccc(Cl)cc2Cl)c(Cl)c2nc3n(c12)CCCN3. The molecule has 1 aromatic heterocycles. The molecule has 0 saturated heterocycles. The average molecular weight is 395 g/mol. The van der Waals surface area contributed by atoms with E-state index < -0.39 is 0 Å². The van der Waals surface area contributed by atoms with Gasteiger partial charge in [-0.3, -0.25) is 0 Å². The first-order chi connectivity index (χ1) is 12.1. The number of fused-ring (bicyclic) bond motifs is 3. The number of aromatic nitrogens is 2. The van der Waals surface area contributed by atoms with E-state index >= 15 is 0 Å². The molecule has 1 aliphatic rings. The van der Waals surface area contributed by atoms with E-state index in [2.05, 4.69) is 22.9 Å². The van der Waals surface area contributed by atoms with Crippen LogP contribution in [0, 0.1) is 0 Å². The van der Waals surface area contributed by atoms with Crippen LogP contribution in [-0.2, 0) is 13.0 Å². The number of imidazole rings is 1. The van der Waals surface area contributed by atoms with Crippen molar-refractivity contribution >= 4 is 51.8 Å². The Kier molecular flexibility index (Phi) is 4.57. The summed E-state index contributed by atoms with van der Waals surface area (Å²) >= 11 is 19.3. The zero-order chi connectivity index (χ0) is 17.6. The number of nitrogens with one attached hydrogen (secondary N) is 1. The Balaban J connectivity index is 2.01. The fraction of sp³-hybridized carbons (Fsp3) is 0.316. The van der Waals surface area contributed by atoms with Crippen LogP contribution < -0.4 is 5.32 Å². The molecule has 4 rings (SSSR count). The summed E-state index contributed by atoms with van der Waals surface area (Å²) in [5, 5.41) is 5.23. The normalized spacial score (nSPS) is 13.8. The van der Waals surface area contributed by atoms with E-state index in [9.17, 15) is 0 Å². The molecule has 0 fully saturated rings. The predicted octanol–water partition coefficient (Wildman–Crippen LogP) is 6.43. The number of nitrogens with zero attached hydrogens (tertiary/aromatic N) is 2. The van der Waals surface area contributed by atoms with Crippen LogP contribution in [0.5, 0.6) is 0 Å². The third kappa shape index (κ3) is 2.88. The van der Waals surface area contributed by atoms with Crippen molar-refractivity contribution in [2.24, 2.45) is 0 Å². The molecule has 0 spiro atoms. The zero-order valence-electron chi connectivity index (χ0n) is 13.9. The Bertz CT molecular complexity index is 962. The van der Waals surface area contributed by atoms with Crippen molar-refractivity contribution < 1.29 is 0 Å². The van der Waals surface area contributed by atoms with Crippen molar-refractivity contribution in [1.29, 1.82) is 0 Å². The van der Waals surface area contributed by atoms with Gasteiger partial charge in [-0.1, -0.05) is 54.2 Å². The van der Waals surface area contributed by atoms with E-state index in [-0.39, 0.29) is 0 Å². The minimum atomic E-state index is 0.596. The molecule has 0 bridgehead atoms. The highest BCUT2D eigenvalue weighted by atomic mass is 35.5. The lowest BCUT2D eigenvalue weighted by Gasteiger charge is -2.18. The van der Waals surface area contributed by atoms with Crippen LogP contribution in [0.25, 0.3) is 22.2 Å². The van der Waals surface area contributed by atoms with E-state index in [1.165, 1.54) is 5.56 Å². The Morgan fingerprint density at radius 1 is 1.16 bits per heavy atom. The van der Waals surface area contributed by atoms with Crippen molar-refractivity contribution in [2.75, 3.05) is 11.9 Å². The summed E-state index contributed by atoms with van der Waals surface area (Å²) in [6, 6.07) is 7.66. The largest absolute Gasteiger partial charge is 0.356 e. The second-order valence-electron chi connectivity index (χ2n) is 6.34. The third-order valence-corrected chi connectivity index (χ3v) is 5.55. The Hall–Kier alpha value is -1.42. The second kappa shape index (κ2) is 6.71. The Morgan fingerprint density at radius 2 is 2.00 bits per heavy atom. The monoisotopic (exact) mass is 393 g/mol. The van der Waals surface area contributed by atoms with Crippen LogP contribution in [-0.4, -0.2) is 16.1 Å². The molecule has 1 aliphatic heterocycles. The van der Waals surface area contributed by atoms with Gasteiger partial charge in [-0.05, 0) is 36.6 Å². The van der Waals surface area contributed by atoms with E-state index in [0.29, 0.717) is 15.1 Å². The maximum Gasteiger partial charge on any atom is 0.203 e. The lowest BCUT2D eigenvalue weighted by molar-refractivity contribution is 0.640. The number of benzene rings is 2. The molecule has 2 heterocycles.